The van der Waals surface area contributed by atoms with E-state index in [0.29, 0.717) is 43.5 Å². The molecule has 0 atom stereocenters. The molecule has 2 aromatic carbocycles. The first kappa shape index (κ1) is 21.1. The van der Waals surface area contributed by atoms with Crippen molar-refractivity contribution in [1.82, 2.24) is 16.0 Å². The van der Waals surface area contributed by atoms with Gasteiger partial charge in [-0.05, 0) is 31.2 Å². The molecule has 28 heavy (non-hydrogen) atoms. The van der Waals surface area contributed by atoms with Crippen molar-refractivity contribution in [2.75, 3.05) is 33.9 Å². The van der Waals surface area contributed by atoms with Gasteiger partial charge in [-0.1, -0.05) is 24.3 Å². The number of ether oxygens (including phenoxy) is 2. The minimum atomic E-state index is -0.144. The van der Waals surface area contributed by atoms with Crippen LogP contribution in [0.1, 0.15) is 22.8 Å². The lowest BCUT2D eigenvalue weighted by molar-refractivity contribution is 0.0954. The number of hydrogen-bond acceptors (Lipinski definition) is 4. The highest BCUT2D eigenvalue weighted by Crippen LogP contribution is 2.17. The van der Waals surface area contributed by atoms with Crippen molar-refractivity contribution in [3.05, 3.63) is 59.7 Å². The molecule has 0 unspecified atom stereocenters. The van der Waals surface area contributed by atoms with Gasteiger partial charge in [0.15, 0.2) is 5.96 Å². The first-order chi connectivity index (χ1) is 13.7. The van der Waals surface area contributed by atoms with Crippen molar-refractivity contribution in [3.63, 3.8) is 0 Å². The Bertz CT molecular complexity index is 793. The van der Waals surface area contributed by atoms with E-state index in [2.05, 4.69) is 20.9 Å². The molecule has 1 amide bonds. The zero-order valence-corrected chi connectivity index (χ0v) is 16.6. The molecule has 2 aromatic rings. The van der Waals surface area contributed by atoms with Crippen LogP contribution in [-0.2, 0) is 6.54 Å². The van der Waals surface area contributed by atoms with Crippen LogP contribution < -0.4 is 25.4 Å². The van der Waals surface area contributed by atoms with Crippen molar-refractivity contribution in [2.45, 2.75) is 13.5 Å². The number of guanidine groups is 1. The van der Waals surface area contributed by atoms with Crippen molar-refractivity contribution in [3.8, 4) is 11.5 Å². The van der Waals surface area contributed by atoms with E-state index in [9.17, 15) is 4.79 Å². The second-order valence-corrected chi connectivity index (χ2v) is 5.88. The Morgan fingerprint density at radius 3 is 2.57 bits per heavy atom. The molecule has 7 nitrogen and oxygen atoms in total. The van der Waals surface area contributed by atoms with Crippen LogP contribution >= 0.6 is 0 Å². The summed E-state index contributed by atoms with van der Waals surface area (Å²) in [6, 6.07) is 14.9. The Balaban J connectivity index is 1.76. The lowest BCUT2D eigenvalue weighted by Crippen LogP contribution is -2.41. The van der Waals surface area contributed by atoms with Crippen molar-refractivity contribution >= 4 is 11.9 Å². The van der Waals surface area contributed by atoms with Crippen molar-refractivity contribution in [2.24, 2.45) is 4.99 Å². The molecule has 0 aromatic heterocycles. The molecule has 150 valence electrons. The van der Waals surface area contributed by atoms with E-state index in [0.717, 1.165) is 11.3 Å². The van der Waals surface area contributed by atoms with Gasteiger partial charge >= 0.3 is 0 Å². The number of hydrogen-bond donors (Lipinski definition) is 3. The molecule has 0 saturated carbocycles. The van der Waals surface area contributed by atoms with E-state index in [1.807, 2.05) is 31.2 Å². The SMILES string of the molecule is CCOc1ccccc1CNC(=NC)NCCNC(=O)c1cccc(OC)c1. The van der Waals surface area contributed by atoms with Crippen molar-refractivity contribution < 1.29 is 14.3 Å². The average Bonchev–Trinajstić information content (AvgIpc) is 2.74. The summed E-state index contributed by atoms with van der Waals surface area (Å²) in [5, 5.41) is 9.30. The Labute approximate surface area is 166 Å². The number of rotatable bonds is 9. The van der Waals surface area contributed by atoms with Gasteiger partial charge in [-0.2, -0.15) is 0 Å². The van der Waals surface area contributed by atoms with Crippen LogP contribution in [0.4, 0.5) is 0 Å². The second kappa shape index (κ2) is 11.5. The summed E-state index contributed by atoms with van der Waals surface area (Å²) in [7, 11) is 3.28. The molecule has 0 saturated heterocycles. The number of aliphatic imine (C=N–C) groups is 1. The molecule has 0 spiro atoms. The molecule has 0 aliphatic rings. The molecular formula is C21H28N4O3. The maximum atomic E-state index is 12.2. The minimum absolute atomic E-state index is 0.144. The Kier molecular flexibility index (Phi) is 8.65. The highest BCUT2D eigenvalue weighted by molar-refractivity contribution is 5.94. The molecular weight excluding hydrogens is 356 g/mol. The maximum Gasteiger partial charge on any atom is 0.251 e. The lowest BCUT2D eigenvalue weighted by Gasteiger charge is -2.14. The van der Waals surface area contributed by atoms with Crippen LogP contribution in [0.3, 0.4) is 0 Å². The summed E-state index contributed by atoms with van der Waals surface area (Å²) in [4.78, 5) is 16.4. The fourth-order valence-electron chi connectivity index (χ4n) is 2.57. The Morgan fingerprint density at radius 2 is 1.82 bits per heavy atom. The number of nitrogens with one attached hydrogen (secondary N) is 3. The van der Waals surface area contributed by atoms with Crippen LogP contribution in [0.25, 0.3) is 0 Å². The van der Waals surface area contributed by atoms with Gasteiger partial charge in [0, 0.05) is 37.8 Å². The molecule has 0 radical (unpaired) electrons. The highest BCUT2D eigenvalue weighted by atomic mass is 16.5. The van der Waals surface area contributed by atoms with Gasteiger partial charge in [0.2, 0.25) is 0 Å². The number of benzene rings is 2. The third-order valence-electron chi connectivity index (χ3n) is 3.98. The second-order valence-electron chi connectivity index (χ2n) is 5.88. The summed E-state index contributed by atoms with van der Waals surface area (Å²) in [6.07, 6.45) is 0. The summed E-state index contributed by atoms with van der Waals surface area (Å²) >= 11 is 0. The molecule has 0 fully saturated rings. The lowest BCUT2D eigenvalue weighted by atomic mass is 10.2. The Hall–Kier alpha value is -3.22. The zero-order chi connectivity index (χ0) is 20.2. The fourth-order valence-corrected chi connectivity index (χ4v) is 2.57. The summed E-state index contributed by atoms with van der Waals surface area (Å²) in [6.45, 7) is 4.18. The van der Waals surface area contributed by atoms with Crippen LogP contribution in [0.15, 0.2) is 53.5 Å². The van der Waals surface area contributed by atoms with Crippen molar-refractivity contribution in [1.29, 1.82) is 0 Å². The number of methoxy groups -OCH3 is 1. The molecule has 0 aliphatic carbocycles. The van der Waals surface area contributed by atoms with Gasteiger partial charge in [0.05, 0.1) is 13.7 Å². The zero-order valence-electron chi connectivity index (χ0n) is 16.6. The van der Waals surface area contributed by atoms with E-state index in [4.69, 9.17) is 9.47 Å². The number of para-hydroxylation sites is 1. The van der Waals surface area contributed by atoms with Crippen LogP contribution in [0, 0.1) is 0 Å². The predicted molar refractivity (Wildman–Crippen MR) is 111 cm³/mol. The van der Waals surface area contributed by atoms with Crippen LogP contribution in [-0.4, -0.2) is 45.7 Å². The molecule has 0 bridgehead atoms. The predicted octanol–water partition coefficient (Wildman–Crippen LogP) is 2.19. The summed E-state index contributed by atoms with van der Waals surface area (Å²) in [5.74, 6) is 2.03. The largest absolute Gasteiger partial charge is 0.497 e. The van der Waals surface area contributed by atoms with Crippen LogP contribution in [0.5, 0.6) is 11.5 Å². The standard InChI is InChI=1S/C21H28N4O3/c1-4-28-19-11-6-5-8-17(19)15-25-21(22-2)24-13-12-23-20(26)16-9-7-10-18(14-16)27-3/h5-11,14H,4,12-13,15H2,1-3H3,(H,23,26)(H2,22,24,25). The van der Waals surface area contributed by atoms with Gasteiger partial charge < -0.3 is 25.4 Å². The topological polar surface area (TPSA) is 84.0 Å². The quantitative estimate of drug-likeness (QED) is 0.351. The van der Waals surface area contributed by atoms with Gasteiger partial charge in [-0.25, -0.2) is 0 Å². The maximum absolute atomic E-state index is 12.2. The third kappa shape index (κ3) is 6.50. The fraction of sp³-hybridized carbons (Fsp3) is 0.333. The molecule has 3 N–H and O–H groups in total. The monoisotopic (exact) mass is 384 g/mol. The van der Waals surface area contributed by atoms with E-state index in [1.165, 1.54) is 0 Å². The molecule has 0 aliphatic heterocycles. The number of carbonyl (C=O) groups is 1. The minimum Gasteiger partial charge on any atom is -0.497 e. The normalized spacial score (nSPS) is 10.9. The first-order valence-corrected chi connectivity index (χ1v) is 9.25. The number of carbonyl (C=O) groups excluding carboxylic acids is 1. The van der Waals surface area contributed by atoms with E-state index in [-0.39, 0.29) is 5.91 Å². The Morgan fingerprint density at radius 1 is 1.04 bits per heavy atom. The number of nitrogens with zero attached hydrogens (tertiary/aromatic N) is 1. The van der Waals surface area contributed by atoms with Crippen LogP contribution in [0.2, 0.25) is 0 Å². The van der Waals surface area contributed by atoms with Gasteiger partial charge in [0.25, 0.3) is 5.91 Å². The van der Waals surface area contributed by atoms with E-state index in [1.54, 1.807) is 38.4 Å². The van der Waals surface area contributed by atoms with E-state index >= 15 is 0 Å². The summed E-state index contributed by atoms with van der Waals surface area (Å²) < 4.78 is 10.8. The number of amides is 1. The molecule has 0 heterocycles. The van der Waals surface area contributed by atoms with Gasteiger partial charge in [-0.3, -0.25) is 9.79 Å². The molecule has 7 heteroatoms. The van der Waals surface area contributed by atoms with Gasteiger partial charge in [-0.15, -0.1) is 0 Å². The third-order valence-corrected chi connectivity index (χ3v) is 3.98. The summed E-state index contributed by atoms with van der Waals surface area (Å²) in [5.41, 5.74) is 1.62. The molecule has 2 rings (SSSR count). The smallest absolute Gasteiger partial charge is 0.251 e. The highest BCUT2D eigenvalue weighted by Gasteiger charge is 2.07. The van der Waals surface area contributed by atoms with Gasteiger partial charge in [0.1, 0.15) is 11.5 Å². The average molecular weight is 384 g/mol. The first-order valence-electron chi connectivity index (χ1n) is 9.25. The van der Waals surface area contributed by atoms with E-state index < -0.39 is 0 Å².